The zero-order valence-corrected chi connectivity index (χ0v) is 13.9. The van der Waals surface area contributed by atoms with Crippen molar-refractivity contribution in [2.24, 2.45) is 0 Å². The first-order chi connectivity index (χ1) is 9.46. The summed E-state index contributed by atoms with van der Waals surface area (Å²) in [6.45, 7) is 15.9. The lowest BCUT2D eigenvalue weighted by atomic mass is 9.79. The highest BCUT2D eigenvalue weighted by atomic mass is 16.5. The number of rotatable bonds is 3. The molecule has 0 saturated carbocycles. The molecule has 0 spiro atoms. The molecule has 116 valence electrons. The molecule has 21 heavy (non-hydrogen) atoms. The fourth-order valence-electron chi connectivity index (χ4n) is 2.26. The Kier molecular flexibility index (Phi) is 4.87. The molecule has 1 rings (SSSR count). The molecular weight excluding hydrogens is 264 g/mol. The fraction of sp³-hybridized carbons (Fsp3) is 0.500. The highest BCUT2D eigenvalue weighted by Crippen LogP contribution is 2.37. The van der Waals surface area contributed by atoms with Crippen LogP contribution in [0.4, 0.5) is 0 Å². The molecule has 0 aliphatic rings. The maximum absolute atomic E-state index is 11.3. The molecule has 0 amide bonds. The summed E-state index contributed by atoms with van der Waals surface area (Å²) in [5, 5.41) is 10.3. The Labute approximate surface area is 127 Å². The van der Waals surface area contributed by atoms with Crippen molar-refractivity contribution in [1.82, 2.24) is 0 Å². The predicted molar refractivity (Wildman–Crippen MR) is 85.5 cm³/mol. The van der Waals surface area contributed by atoms with Crippen LogP contribution in [0.3, 0.4) is 0 Å². The van der Waals surface area contributed by atoms with Gasteiger partial charge in [0.25, 0.3) is 0 Å². The molecular formula is C18H26O3. The first-order valence-electron chi connectivity index (χ1n) is 7.13. The standard InChI is InChI=1S/C18H26O3/c1-8-16(20)21-11-12-9-14(18(5,6)7)15(19)10-13(12)17(2,3)4/h8-10,19H,1,11H2,2-7H3. The SMILES string of the molecule is C=CC(=O)OCc1cc(C(C)(C)C)c(O)cc1C(C)(C)C. The topological polar surface area (TPSA) is 46.5 Å². The first-order valence-corrected chi connectivity index (χ1v) is 7.13. The number of hydrogen-bond acceptors (Lipinski definition) is 3. The minimum absolute atomic E-state index is 0.149. The van der Waals surface area contributed by atoms with Crippen LogP contribution in [0.25, 0.3) is 0 Å². The van der Waals surface area contributed by atoms with Crippen molar-refractivity contribution in [3.63, 3.8) is 0 Å². The van der Waals surface area contributed by atoms with Gasteiger partial charge in [-0.25, -0.2) is 4.79 Å². The van der Waals surface area contributed by atoms with Gasteiger partial charge in [-0.05, 0) is 39.7 Å². The van der Waals surface area contributed by atoms with Gasteiger partial charge in [-0.3, -0.25) is 0 Å². The third-order valence-electron chi connectivity index (χ3n) is 3.37. The predicted octanol–water partition coefficient (Wildman–Crippen LogP) is 4.22. The van der Waals surface area contributed by atoms with Gasteiger partial charge >= 0.3 is 5.97 Å². The highest BCUT2D eigenvalue weighted by Gasteiger charge is 2.25. The number of esters is 1. The van der Waals surface area contributed by atoms with Gasteiger partial charge in [0.15, 0.2) is 0 Å². The van der Waals surface area contributed by atoms with Gasteiger partial charge in [0.2, 0.25) is 0 Å². The van der Waals surface area contributed by atoms with Gasteiger partial charge in [-0.15, -0.1) is 0 Å². The van der Waals surface area contributed by atoms with E-state index >= 15 is 0 Å². The van der Waals surface area contributed by atoms with E-state index in [1.54, 1.807) is 6.07 Å². The molecule has 3 heteroatoms. The third-order valence-corrected chi connectivity index (χ3v) is 3.37. The van der Waals surface area contributed by atoms with Crippen molar-refractivity contribution in [2.45, 2.75) is 59.0 Å². The average Bonchev–Trinajstić information content (AvgIpc) is 2.33. The first kappa shape index (κ1) is 17.3. The number of aromatic hydroxyl groups is 1. The molecule has 1 N–H and O–H groups in total. The molecule has 0 saturated heterocycles. The number of phenolic OH excluding ortho intramolecular Hbond substituents is 1. The molecule has 0 heterocycles. The Morgan fingerprint density at radius 1 is 1.14 bits per heavy atom. The van der Waals surface area contributed by atoms with Crippen LogP contribution in [0, 0.1) is 0 Å². The summed E-state index contributed by atoms with van der Waals surface area (Å²) in [5.41, 5.74) is 2.41. The number of benzene rings is 1. The third kappa shape index (κ3) is 4.35. The van der Waals surface area contributed by atoms with E-state index in [4.69, 9.17) is 4.74 Å². The Balaban J connectivity index is 3.35. The lowest BCUT2D eigenvalue weighted by molar-refractivity contribution is -0.139. The summed E-state index contributed by atoms with van der Waals surface area (Å²) in [6.07, 6.45) is 1.15. The minimum atomic E-state index is -0.444. The maximum atomic E-state index is 11.3. The summed E-state index contributed by atoms with van der Waals surface area (Å²) < 4.78 is 5.18. The lowest BCUT2D eigenvalue weighted by Gasteiger charge is -2.27. The summed E-state index contributed by atoms with van der Waals surface area (Å²) in [4.78, 5) is 11.3. The van der Waals surface area contributed by atoms with Crippen LogP contribution in [0.1, 0.15) is 58.2 Å². The molecule has 1 aromatic carbocycles. The van der Waals surface area contributed by atoms with Crippen molar-refractivity contribution in [2.75, 3.05) is 0 Å². The van der Waals surface area contributed by atoms with Crippen LogP contribution >= 0.6 is 0 Å². The average molecular weight is 290 g/mol. The lowest BCUT2D eigenvalue weighted by Crippen LogP contribution is -2.18. The van der Waals surface area contributed by atoms with Crippen LogP contribution in [-0.4, -0.2) is 11.1 Å². The number of carbonyl (C=O) groups excluding carboxylic acids is 1. The number of ether oxygens (including phenoxy) is 1. The molecule has 0 radical (unpaired) electrons. The van der Waals surface area contributed by atoms with Crippen LogP contribution in [0.2, 0.25) is 0 Å². The van der Waals surface area contributed by atoms with Crippen molar-refractivity contribution < 1.29 is 14.6 Å². The van der Waals surface area contributed by atoms with Gasteiger partial charge in [0.1, 0.15) is 12.4 Å². The maximum Gasteiger partial charge on any atom is 0.330 e. The second-order valence-corrected chi connectivity index (χ2v) is 7.34. The van der Waals surface area contributed by atoms with Crippen molar-refractivity contribution in [3.8, 4) is 5.75 Å². The largest absolute Gasteiger partial charge is 0.508 e. The zero-order valence-electron chi connectivity index (χ0n) is 13.9. The van der Waals surface area contributed by atoms with Crippen LogP contribution in [-0.2, 0) is 27.0 Å². The highest BCUT2D eigenvalue weighted by molar-refractivity contribution is 5.81. The Hall–Kier alpha value is -1.77. The number of hydrogen-bond donors (Lipinski definition) is 1. The smallest absolute Gasteiger partial charge is 0.330 e. The van der Waals surface area contributed by atoms with Crippen molar-refractivity contribution in [1.29, 1.82) is 0 Å². The summed E-state index contributed by atoms with van der Waals surface area (Å²) in [6, 6.07) is 3.73. The van der Waals surface area contributed by atoms with E-state index in [2.05, 4.69) is 27.4 Å². The van der Waals surface area contributed by atoms with E-state index < -0.39 is 5.97 Å². The molecule has 0 fully saturated rings. The Morgan fingerprint density at radius 2 is 1.67 bits per heavy atom. The molecule has 0 aliphatic heterocycles. The van der Waals surface area contributed by atoms with Gasteiger partial charge in [0, 0.05) is 6.08 Å². The molecule has 0 unspecified atom stereocenters. The van der Waals surface area contributed by atoms with E-state index in [0.29, 0.717) is 0 Å². The zero-order chi connectivity index (χ0) is 16.4. The van der Waals surface area contributed by atoms with Gasteiger partial charge < -0.3 is 9.84 Å². The molecule has 0 bridgehead atoms. The Morgan fingerprint density at radius 3 is 2.10 bits per heavy atom. The van der Waals surface area contributed by atoms with E-state index in [-0.39, 0.29) is 23.2 Å². The monoisotopic (exact) mass is 290 g/mol. The van der Waals surface area contributed by atoms with Crippen LogP contribution in [0.15, 0.2) is 24.8 Å². The second-order valence-electron chi connectivity index (χ2n) is 7.34. The number of carbonyl (C=O) groups is 1. The summed E-state index contributed by atoms with van der Waals surface area (Å²) in [7, 11) is 0. The number of phenols is 1. The molecule has 0 aromatic heterocycles. The van der Waals surface area contributed by atoms with Crippen molar-refractivity contribution >= 4 is 5.97 Å². The molecule has 3 nitrogen and oxygen atoms in total. The van der Waals surface area contributed by atoms with E-state index in [9.17, 15) is 9.90 Å². The normalized spacial score (nSPS) is 12.1. The van der Waals surface area contributed by atoms with E-state index in [0.717, 1.165) is 22.8 Å². The fourth-order valence-corrected chi connectivity index (χ4v) is 2.26. The minimum Gasteiger partial charge on any atom is -0.508 e. The van der Waals surface area contributed by atoms with Gasteiger partial charge in [-0.1, -0.05) is 48.1 Å². The molecule has 0 atom stereocenters. The quantitative estimate of drug-likeness (QED) is 0.670. The van der Waals surface area contributed by atoms with Gasteiger partial charge in [-0.2, -0.15) is 0 Å². The van der Waals surface area contributed by atoms with E-state index in [1.807, 2.05) is 26.8 Å². The summed E-state index contributed by atoms with van der Waals surface area (Å²) >= 11 is 0. The summed E-state index contributed by atoms with van der Waals surface area (Å²) in [5.74, 6) is -0.161. The second kappa shape index (κ2) is 5.92. The van der Waals surface area contributed by atoms with Gasteiger partial charge in [0.05, 0.1) is 0 Å². The molecule has 0 aliphatic carbocycles. The van der Waals surface area contributed by atoms with Crippen LogP contribution in [0.5, 0.6) is 5.75 Å². The molecule has 1 aromatic rings. The van der Waals surface area contributed by atoms with Crippen LogP contribution < -0.4 is 0 Å². The Bertz CT molecular complexity index is 543. The van der Waals surface area contributed by atoms with E-state index in [1.165, 1.54) is 0 Å². The van der Waals surface area contributed by atoms with Crippen molar-refractivity contribution in [3.05, 3.63) is 41.5 Å².